The summed E-state index contributed by atoms with van der Waals surface area (Å²) >= 11 is 0. The molecule has 8 heteroatoms. The molecule has 0 aromatic rings. The molecule has 1 aliphatic rings. The van der Waals surface area contributed by atoms with Crippen LogP contribution in [-0.4, -0.2) is 67.9 Å². The molecular weight excluding hydrogens is 316 g/mol. The van der Waals surface area contributed by atoms with Gasteiger partial charge in [-0.1, -0.05) is 0 Å². The average Bonchev–Trinajstić information content (AvgIpc) is 2.76. The molecule has 3 amide bonds. The molecule has 0 bridgehead atoms. The van der Waals surface area contributed by atoms with Crippen molar-refractivity contribution < 1.29 is 28.7 Å². The van der Waals surface area contributed by atoms with Gasteiger partial charge in [0, 0.05) is 37.6 Å². The highest BCUT2D eigenvalue weighted by Crippen LogP contribution is 2.11. The van der Waals surface area contributed by atoms with Crippen molar-refractivity contribution in [1.82, 2.24) is 10.2 Å². The smallest absolute Gasteiger partial charge is 0.256 e. The summed E-state index contributed by atoms with van der Waals surface area (Å²) < 4.78 is 10.5. The average molecular weight is 340 g/mol. The van der Waals surface area contributed by atoms with Crippen LogP contribution in [-0.2, 0) is 28.7 Å². The molecule has 0 saturated carbocycles. The molecule has 0 spiro atoms. The Labute approximate surface area is 141 Å². The fourth-order valence-electron chi connectivity index (χ4n) is 1.95. The number of hydrogen-bond donors (Lipinski definition) is 1. The first kappa shape index (κ1) is 20.0. The van der Waals surface area contributed by atoms with E-state index in [9.17, 15) is 19.2 Å². The van der Waals surface area contributed by atoms with E-state index in [1.54, 1.807) is 6.92 Å². The van der Waals surface area contributed by atoms with Crippen LogP contribution in [0.3, 0.4) is 0 Å². The lowest BCUT2D eigenvalue weighted by Crippen LogP contribution is -2.36. The Morgan fingerprint density at radius 2 is 1.75 bits per heavy atom. The van der Waals surface area contributed by atoms with E-state index < -0.39 is 0 Å². The van der Waals surface area contributed by atoms with Crippen LogP contribution in [0, 0.1) is 0 Å². The summed E-state index contributed by atoms with van der Waals surface area (Å²) in [4.78, 5) is 46.5. The number of Topliss-reactive ketones (excluding diaryl/α,β-unsaturated/α-hetero) is 1. The third kappa shape index (κ3) is 7.47. The second-order valence-corrected chi connectivity index (χ2v) is 5.40. The van der Waals surface area contributed by atoms with Crippen molar-refractivity contribution >= 4 is 23.5 Å². The summed E-state index contributed by atoms with van der Waals surface area (Å²) in [5, 5.41) is 2.65. The van der Waals surface area contributed by atoms with Crippen molar-refractivity contribution in [1.29, 1.82) is 0 Å². The molecule has 8 nitrogen and oxygen atoms in total. The highest BCUT2D eigenvalue weighted by Gasteiger charge is 2.28. The van der Waals surface area contributed by atoms with Crippen molar-refractivity contribution in [2.75, 3.05) is 39.5 Å². The molecule has 1 heterocycles. The molecule has 1 rings (SSSR count). The molecule has 0 aromatic carbocycles. The van der Waals surface area contributed by atoms with Crippen molar-refractivity contribution in [3.05, 3.63) is 11.6 Å². The number of carbonyl (C=O) groups excluding carboxylic acids is 4. The molecule has 0 radical (unpaired) electrons. The van der Waals surface area contributed by atoms with Crippen LogP contribution in [0.4, 0.5) is 0 Å². The SMILES string of the molecule is CC(=O)CCOCCOCCNC(=O)CCN1C(=O)C=C(C)C1=O. The van der Waals surface area contributed by atoms with Gasteiger partial charge in [-0.3, -0.25) is 24.1 Å². The van der Waals surface area contributed by atoms with Crippen molar-refractivity contribution in [3.8, 4) is 0 Å². The van der Waals surface area contributed by atoms with Crippen LogP contribution in [0.5, 0.6) is 0 Å². The maximum absolute atomic E-state index is 11.6. The first-order chi connectivity index (χ1) is 11.4. The summed E-state index contributed by atoms with van der Waals surface area (Å²) in [6.45, 7) is 4.99. The van der Waals surface area contributed by atoms with Gasteiger partial charge >= 0.3 is 0 Å². The fraction of sp³-hybridized carbons (Fsp3) is 0.625. The highest BCUT2D eigenvalue weighted by atomic mass is 16.5. The highest BCUT2D eigenvalue weighted by molar-refractivity contribution is 6.15. The first-order valence-corrected chi connectivity index (χ1v) is 7.87. The Balaban J connectivity index is 1.98. The number of ether oxygens (including phenoxy) is 2. The van der Waals surface area contributed by atoms with E-state index in [2.05, 4.69) is 5.32 Å². The Hall–Kier alpha value is -2.06. The molecular formula is C16H24N2O6. The van der Waals surface area contributed by atoms with Gasteiger partial charge in [-0.05, 0) is 13.8 Å². The summed E-state index contributed by atoms with van der Waals surface area (Å²) in [5.74, 6) is -0.886. The van der Waals surface area contributed by atoms with E-state index in [-0.39, 0.29) is 36.5 Å². The third-order valence-electron chi connectivity index (χ3n) is 3.29. The van der Waals surface area contributed by atoms with E-state index in [4.69, 9.17) is 9.47 Å². The quantitative estimate of drug-likeness (QED) is 0.391. The molecule has 24 heavy (non-hydrogen) atoms. The van der Waals surface area contributed by atoms with Crippen LogP contribution >= 0.6 is 0 Å². The van der Waals surface area contributed by atoms with Gasteiger partial charge in [0.25, 0.3) is 11.8 Å². The van der Waals surface area contributed by atoms with E-state index in [1.165, 1.54) is 13.0 Å². The molecule has 1 N–H and O–H groups in total. The van der Waals surface area contributed by atoms with Gasteiger partial charge in [0.1, 0.15) is 5.78 Å². The van der Waals surface area contributed by atoms with Gasteiger partial charge in [-0.25, -0.2) is 0 Å². The number of amides is 3. The minimum atomic E-state index is -0.376. The van der Waals surface area contributed by atoms with Gasteiger partial charge in [0.2, 0.25) is 5.91 Å². The molecule has 1 aliphatic heterocycles. The number of carbonyl (C=O) groups is 4. The number of hydrogen-bond acceptors (Lipinski definition) is 6. The molecule has 134 valence electrons. The zero-order valence-corrected chi connectivity index (χ0v) is 14.1. The molecule has 0 fully saturated rings. The number of nitrogens with one attached hydrogen (secondary N) is 1. The van der Waals surface area contributed by atoms with E-state index in [0.717, 1.165) is 4.90 Å². The standard InChI is InChI=1S/C16H24N2O6/c1-12-11-15(21)18(16(12)22)6-3-14(20)17-5-8-24-10-9-23-7-4-13(2)19/h11H,3-10H2,1-2H3,(H,17,20). The summed E-state index contributed by atoms with van der Waals surface area (Å²) in [7, 11) is 0. The Kier molecular flexibility index (Phi) is 8.88. The molecule has 0 unspecified atom stereocenters. The van der Waals surface area contributed by atoms with Crippen molar-refractivity contribution in [2.45, 2.75) is 26.7 Å². The maximum atomic E-state index is 11.6. The number of nitrogens with zero attached hydrogens (tertiary/aromatic N) is 1. The first-order valence-electron chi connectivity index (χ1n) is 7.87. The van der Waals surface area contributed by atoms with Crippen LogP contribution in [0.25, 0.3) is 0 Å². The maximum Gasteiger partial charge on any atom is 0.256 e. The lowest BCUT2D eigenvalue weighted by atomic mass is 10.3. The fourth-order valence-corrected chi connectivity index (χ4v) is 1.95. The summed E-state index contributed by atoms with van der Waals surface area (Å²) in [6.07, 6.45) is 1.73. The predicted octanol–water partition coefficient (Wildman–Crippen LogP) is -0.180. The van der Waals surface area contributed by atoms with Gasteiger partial charge < -0.3 is 14.8 Å². The topological polar surface area (TPSA) is 102 Å². The summed E-state index contributed by atoms with van der Waals surface area (Å²) in [5.41, 5.74) is 0.388. The Morgan fingerprint density at radius 3 is 2.33 bits per heavy atom. The molecule has 0 saturated heterocycles. The van der Waals surface area contributed by atoms with E-state index in [0.29, 0.717) is 45.0 Å². The number of ketones is 1. The second-order valence-electron chi connectivity index (χ2n) is 5.40. The van der Waals surface area contributed by atoms with Crippen molar-refractivity contribution in [3.63, 3.8) is 0 Å². The van der Waals surface area contributed by atoms with Crippen molar-refractivity contribution in [2.24, 2.45) is 0 Å². The molecule has 0 aliphatic carbocycles. The Bertz CT molecular complexity index is 515. The van der Waals surface area contributed by atoms with Gasteiger partial charge in [-0.2, -0.15) is 0 Å². The predicted molar refractivity (Wildman–Crippen MR) is 85.0 cm³/mol. The second kappa shape index (κ2) is 10.7. The third-order valence-corrected chi connectivity index (χ3v) is 3.29. The zero-order chi connectivity index (χ0) is 17.9. The lowest BCUT2D eigenvalue weighted by molar-refractivity contribution is -0.137. The number of rotatable bonds is 12. The summed E-state index contributed by atoms with van der Waals surface area (Å²) in [6, 6.07) is 0. The Morgan fingerprint density at radius 1 is 1.08 bits per heavy atom. The van der Waals surface area contributed by atoms with Crippen LogP contribution < -0.4 is 5.32 Å². The van der Waals surface area contributed by atoms with Crippen LogP contribution in [0.15, 0.2) is 11.6 Å². The van der Waals surface area contributed by atoms with Gasteiger partial charge in [0.05, 0.1) is 26.4 Å². The minimum Gasteiger partial charge on any atom is -0.379 e. The van der Waals surface area contributed by atoms with E-state index in [1.807, 2.05) is 0 Å². The number of imide groups is 1. The molecule has 0 atom stereocenters. The minimum absolute atomic E-state index is 0.0623. The van der Waals surface area contributed by atoms with Gasteiger partial charge in [0.15, 0.2) is 0 Å². The monoisotopic (exact) mass is 340 g/mol. The largest absolute Gasteiger partial charge is 0.379 e. The van der Waals surface area contributed by atoms with Crippen LogP contribution in [0.2, 0.25) is 0 Å². The molecule has 0 aromatic heterocycles. The van der Waals surface area contributed by atoms with E-state index >= 15 is 0 Å². The zero-order valence-electron chi connectivity index (χ0n) is 14.1. The van der Waals surface area contributed by atoms with Crippen LogP contribution in [0.1, 0.15) is 26.7 Å². The van der Waals surface area contributed by atoms with Gasteiger partial charge in [-0.15, -0.1) is 0 Å². The lowest BCUT2D eigenvalue weighted by Gasteiger charge is -2.14. The normalized spacial score (nSPS) is 14.1.